The monoisotopic (exact) mass is 273 g/mol. The first-order valence-electron chi connectivity index (χ1n) is 6.38. The van der Waals surface area contributed by atoms with Crippen molar-refractivity contribution in [3.05, 3.63) is 53.8 Å². The number of halogens is 1. The van der Waals surface area contributed by atoms with Gasteiger partial charge in [0.15, 0.2) is 0 Å². The molecule has 0 spiro atoms. The summed E-state index contributed by atoms with van der Waals surface area (Å²) < 4.78 is 13.3. The van der Waals surface area contributed by atoms with Crippen LogP contribution in [0, 0.1) is 5.82 Å². The van der Waals surface area contributed by atoms with Crippen molar-refractivity contribution in [2.75, 3.05) is 7.05 Å². The number of aryl methyl sites for hydroxylation is 1. The molecule has 4 heteroatoms. The number of rotatable bonds is 4. The lowest BCUT2D eigenvalue weighted by molar-refractivity contribution is -0.120. The number of carbonyl (C=O) groups is 1. The number of benzene rings is 2. The number of phenols is 1. The van der Waals surface area contributed by atoms with E-state index in [1.54, 1.807) is 37.4 Å². The van der Waals surface area contributed by atoms with Crippen LogP contribution in [0.5, 0.6) is 5.75 Å². The van der Waals surface area contributed by atoms with Crippen LogP contribution in [-0.2, 0) is 11.2 Å². The van der Waals surface area contributed by atoms with Gasteiger partial charge in [0.05, 0.1) is 0 Å². The molecule has 0 atom stereocenters. The minimum absolute atomic E-state index is 0.0525. The normalized spacial score (nSPS) is 10.3. The number of nitrogens with one attached hydrogen (secondary N) is 1. The Bertz CT molecular complexity index is 626. The van der Waals surface area contributed by atoms with Crippen LogP contribution < -0.4 is 5.32 Å². The summed E-state index contributed by atoms with van der Waals surface area (Å²) in [5, 5.41) is 12.2. The summed E-state index contributed by atoms with van der Waals surface area (Å²) in [5.74, 6) is -0.265. The third kappa shape index (κ3) is 3.35. The second-order valence-corrected chi connectivity index (χ2v) is 4.52. The van der Waals surface area contributed by atoms with Crippen LogP contribution in [0.15, 0.2) is 42.5 Å². The summed E-state index contributed by atoms with van der Waals surface area (Å²) in [5.41, 5.74) is 2.33. The Balaban J connectivity index is 2.35. The van der Waals surface area contributed by atoms with Gasteiger partial charge in [-0.3, -0.25) is 4.79 Å². The molecule has 0 saturated carbocycles. The Hall–Kier alpha value is -2.36. The van der Waals surface area contributed by atoms with Crippen molar-refractivity contribution in [1.29, 1.82) is 0 Å². The van der Waals surface area contributed by atoms with E-state index in [1.807, 2.05) is 0 Å². The van der Waals surface area contributed by atoms with E-state index in [9.17, 15) is 14.3 Å². The maximum Gasteiger partial charge on any atom is 0.220 e. The third-order valence-electron chi connectivity index (χ3n) is 3.13. The minimum Gasteiger partial charge on any atom is -0.508 e. The molecule has 0 radical (unpaired) electrons. The van der Waals surface area contributed by atoms with Gasteiger partial charge < -0.3 is 10.4 Å². The molecule has 3 nitrogen and oxygen atoms in total. The molecule has 0 bridgehead atoms. The van der Waals surface area contributed by atoms with Crippen molar-refractivity contribution in [2.45, 2.75) is 12.8 Å². The minimum atomic E-state index is -0.330. The molecule has 0 aromatic heterocycles. The zero-order valence-corrected chi connectivity index (χ0v) is 11.2. The van der Waals surface area contributed by atoms with Gasteiger partial charge in [-0.1, -0.05) is 18.2 Å². The van der Waals surface area contributed by atoms with E-state index in [1.165, 1.54) is 12.1 Å². The molecule has 20 heavy (non-hydrogen) atoms. The number of hydrogen-bond acceptors (Lipinski definition) is 2. The van der Waals surface area contributed by atoms with Gasteiger partial charge in [-0.25, -0.2) is 4.39 Å². The Morgan fingerprint density at radius 1 is 1.25 bits per heavy atom. The Morgan fingerprint density at radius 3 is 2.75 bits per heavy atom. The van der Waals surface area contributed by atoms with Crippen LogP contribution >= 0.6 is 0 Å². The summed E-state index contributed by atoms with van der Waals surface area (Å²) in [6.45, 7) is 0. The maximum absolute atomic E-state index is 13.3. The topological polar surface area (TPSA) is 49.3 Å². The highest BCUT2D eigenvalue weighted by atomic mass is 19.1. The standard InChI is InChI=1S/C16H16FNO2/c1-18-16(20)8-6-11-5-7-14(19)10-15(11)12-3-2-4-13(17)9-12/h2-5,7,9-10,19H,6,8H2,1H3,(H,18,20). The lowest BCUT2D eigenvalue weighted by atomic mass is 9.96. The number of aromatic hydroxyl groups is 1. The molecule has 0 fully saturated rings. The molecule has 2 rings (SSSR count). The van der Waals surface area contributed by atoms with Crippen molar-refractivity contribution in [2.24, 2.45) is 0 Å². The fourth-order valence-corrected chi connectivity index (χ4v) is 2.08. The zero-order valence-electron chi connectivity index (χ0n) is 11.2. The molecule has 2 N–H and O–H groups in total. The predicted molar refractivity (Wildman–Crippen MR) is 75.9 cm³/mol. The first-order chi connectivity index (χ1) is 9.60. The highest BCUT2D eigenvalue weighted by Gasteiger charge is 2.09. The fraction of sp³-hybridized carbons (Fsp3) is 0.188. The van der Waals surface area contributed by atoms with E-state index >= 15 is 0 Å². The van der Waals surface area contributed by atoms with Crippen molar-refractivity contribution < 1.29 is 14.3 Å². The number of carbonyl (C=O) groups excluding carboxylic acids is 1. The van der Waals surface area contributed by atoms with Gasteiger partial charge in [-0.2, -0.15) is 0 Å². The van der Waals surface area contributed by atoms with Gasteiger partial charge in [-0.05, 0) is 47.4 Å². The second kappa shape index (κ2) is 6.19. The average molecular weight is 273 g/mol. The average Bonchev–Trinajstić information content (AvgIpc) is 2.45. The van der Waals surface area contributed by atoms with Gasteiger partial charge in [0.2, 0.25) is 5.91 Å². The molecule has 0 aliphatic carbocycles. The van der Waals surface area contributed by atoms with E-state index in [-0.39, 0.29) is 17.5 Å². The van der Waals surface area contributed by atoms with Gasteiger partial charge in [0, 0.05) is 13.5 Å². The lowest BCUT2D eigenvalue weighted by Gasteiger charge is -2.10. The Morgan fingerprint density at radius 2 is 2.05 bits per heavy atom. The molecule has 0 heterocycles. The SMILES string of the molecule is CNC(=O)CCc1ccc(O)cc1-c1cccc(F)c1. The van der Waals surface area contributed by atoms with E-state index in [2.05, 4.69) is 5.32 Å². The highest BCUT2D eigenvalue weighted by Crippen LogP contribution is 2.29. The van der Waals surface area contributed by atoms with Crippen molar-refractivity contribution >= 4 is 5.91 Å². The zero-order chi connectivity index (χ0) is 14.5. The predicted octanol–water partition coefficient (Wildman–Crippen LogP) is 2.88. The van der Waals surface area contributed by atoms with Crippen molar-refractivity contribution in [3.8, 4) is 16.9 Å². The second-order valence-electron chi connectivity index (χ2n) is 4.52. The van der Waals surface area contributed by atoms with Gasteiger partial charge in [0.1, 0.15) is 11.6 Å². The molecule has 2 aromatic rings. The summed E-state index contributed by atoms with van der Waals surface area (Å²) in [6, 6.07) is 11.1. The van der Waals surface area contributed by atoms with Crippen LogP contribution in [0.1, 0.15) is 12.0 Å². The van der Waals surface area contributed by atoms with E-state index in [4.69, 9.17) is 0 Å². The molecule has 0 saturated heterocycles. The number of hydrogen-bond donors (Lipinski definition) is 2. The van der Waals surface area contributed by atoms with Crippen molar-refractivity contribution in [3.63, 3.8) is 0 Å². The third-order valence-corrected chi connectivity index (χ3v) is 3.13. The van der Waals surface area contributed by atoms with Gasteiger partial charge >= 0.3 is 0 Å². The fourth-order valence-electron chi connectivity index (χ4n) is 2.08. The smallest absolute Gasteiger partial charge is 0.220 e. The summed E-state index contributed by atoms with van der Waals surface area (Å²) >= 11 is 0. The molecule has 1 amide bonds. The van der Waals surface area contributed by atoms with Gasteiger partial charge in [-0.15, -0.1) is 0 Å². The van der Waals surface area contributed by atoms with Crippen molar-refractivity contribution in [1.82, 2.24) is 5.32 Å². The molecular weight excluding hydrogens is 257 g/mol. The van der Waals surface area contributed by atoms with Crippen LogP contribution in [0.25, 0.3) is 11.1 Å². The maximum atomic E-state index is 13.3. The van der Waals surface area contributed by atoms with E-state index < -0.39 is 0 Å². The first kappa shape index (κ1) is 14.1. The summed E-state index contributed by atoms with van der Waals surface area (Å²) in [6.07, 6.45) is 0.884. The van der Waals surface area contributed by atoms with Crippen LogP contribution in [0.4, 0.5) is 4.39 Å². The van der Waals surface area contributed by atoms with Crippen LogP contribution in [0.2, 0.25) is 0 Å². The largest absolute Gasteiger partial charge is 0.508 e. The Labute approximate surface area is 117 Å². The van der Waals surface area contributed by atoms with E-state index in [0.29, 0.717) is 18.4 Å². The molecule has 0 unspecified atom stereocenters. The molecule has 0 aliphatic heterocycles. The Kier molecular flexibility index (Phi) is 4.35. The first-order valence-corrected chi connectivity index (χ1v) is 6.38. The molecular formula is C16H16FNO2. The summed E-state index contributed by atoms with van der Waals surface area (Å²) in [7, 11) is 1.59. The number of phenolic OH excluding ortho intramolecular Hbond substituents is 1. The number of amides is 1. The molecule has 104 valence electrons. The van der Waals surface area contributed by atoms with E-state index in [0.717, 1.165) is 11.1 Å². The lowest BCUT2D eigenvalue weighted by Crippen LogP contribution is -2.18. The molecule has 0 aliphatic rings. The van der Waals surface area contributed by atoms with Crippen LogP contribution in [-0.4, -0.2) is 18.1 Å². The quantitative estimate of drug-likeness (QED) is 0.900. The van der Waals surface area contributed by atoms with Crippen LogP contribution in [0.3, 0.4) is 0 Å². The highest BCUT2D eigenvalue weighted by molar-refractivity contribution is 5.77. The van der Waals surface area contributed by atoms with Gasteiger partial charge in [0.25, 0.3) is 0 Å². The summed E-state index contributed by atoms with van der Waals surface area (Å²) in [4.78, 5) is 11.3. The molecule has 2 aromatic carbocycles.